The molecule has 0 heterocycles. The van der Waals surface area contributed by atoms with Gasteiger partial charge >= 0.3 is 0 Å². The summed E-state index contributed by atoms with van der Waals surface area (Å²) in [5.74, 6) is -0.146. The van der Waals surface area contributed by atoms with E-state index in [0.717, 1.165) is 6.42 Å². The van der Waals surface area contributed by atoms with Crippen LogP contribution in [-0.4, -0.2) is 24.9 Å². The predicted molar refractivity (Wildman–Crippen MR) is 55.7 cm³/mol. The smallest absolute Gasteiger partial charge is 0.246 e. The first-order valence-electron chi connectivity index (χ1n) is 4.78. The molecule has 4 heteroatoms. The van der Waals surface area contributed by atoms with E-state index in [1.807, 2.05) is 6.92 Å². The fraction of sp³-hybridized carbons (Fsp3) is 0.600. The van der Waals surface area contributed by atoms with E-state index in [1.165, 1.54) is 0 Å². The lowest BCUT2D eigenvalue weighted by molar-refractivity contribution is -0.121. The second-order valence-corrected chi connectivity index (χ2v) is 3.14. The van der Waals surface area contributed by atoms with E-state index in [1.54, 1.807) is 6.92 Å². The third kappa shape index (κ3) is 6.22. The van der Waals surface area contributed by atoms with E-state index >= 15 is 0 Å². The normalized spacial score (nSPS) is 9.29. The van der Waals surface area contributed by atoms with Crippen LogP contribution in [0.25, 0.3) is 0 Å². The van der Waals surface area contributed by atoms with Crippen molar-refractivity contribution in [3.63, 3.8) is 0 Å². The van der Waals surface area contributed by atoms with Gasteiger partial charge in [-0.2, -0.15) is 0 Å². The Hall–Kier alpha value is -1.32. The molecule has 80 valence electrons. The van der Waals surface area contributed by atoms with Crippen LogP contribution in [0.2, 0.25) is 0 Å². The van der Waals surface area contributed by atoms with Crippen molar-refractivity contribution in [3.8, 4) is 0 Å². The van der Waals surface area contributed by atoms with Gasteiger partial charge in [0.05, 0.1) is 0 Å². The molecule has 0 fully saturated rings. The van der Waals surface area contributed by atoms with E-state index in [0.29, 0.717) is 25.1 Å². The Balaban J connectivity index is 3.42. The van der Waals surface area contributed by atoms with Crippen molar-refractivity contribution in [1.82, 2.24) is 10.6 Å². The van der Waals surface area contributed by atoms with Crippen molar-refractivity contribution >= 4 is 11.8 Å². The van der Waals surface area contributed by atoms with Gasteiger partial charge in [0.25, 0.3) is 0 Å². The Morgan fingerprint density at radius 1 is 1.21 bits per heavy atom. The zero-order valence-electron chi connectivity index (χ0n) is 8.85. The summed E-state index contributed by atoms with van der Waals surface area (Å²) in [6.45, 7) is 8.01. The largest absolute Gasteiger partial charge is 0.354 e. The number of carbonyl (C=O) groups excluding carboxylic acids is 2. The maximum absolute atomic E-state index is 11.0. The van der Waals surface area contributed by atoms with Gasteiger partial charge in [-0.1, -0.05) is 13.5 Å². The molecule has 0 atom stereocenters. The minimum Gasteiger partial charge on any atom is -0.354 e. The number of hydrogen-bond acceptors (Lipinski definition) is 2. The van der Waals surface area contributed by atoms with E-state index in [4.69, 9.17) is 0 Å². The summed E-state index contributed by atoms with van der Waals surface area (Å²) in [5.41, 5.74) is 0.477. The highest BCUT2D eigenvalue weighted by Crippen LogP contribution is 1.85. The van der Waals surface area contributed by atoms with E-state index < -0.39 is 0 Å². The number of nitrogens with one attached hydrogen (secondary N) is 2. The van der Waals surface area contributed by atoms with Crippen molar-refractivity contribution in [1.29, 1.82) is 0 Å². The molecule has 0 aromatic heterocycles. The van der Waals surface area contributed by atoms with Crippen LogP contribution in [0, 0.1) is 0 Å². The van der Waals surface area contributed by atoms with Gasteiger partial charge in [-0.15, -0.1) is 0 Å². The van der Waals surface area contributed by atoms with Gasteiger partial charge in [0.15, 0.2) is 0 Å². The highest BCUT2D eigenvalue weighted by molar-refractivity contribution is 5.92. The lowest BCUT2D eigenvalue weighted by atomic mass is 10.3. The Morgan fingerprint density at radius 3 is 2.29 bits per heavy atom. The van der Waals surface area contributed by atoms with Gasteiger partial charge in [0.1, 0.15) is 0 Å². The molecule has 2 amide bonds. The molecule has 0 bridgehead atoms. The molecule has 0 unspecified atom stereocenters. The van der Waals surface area contributed by atoms with Crippen LogP contribution in [0.1, 0.15) is 26.7 Å². The molecule has 0 aliphatic rings. The Morgan fingerprint density at radius 2 is 1.79 bits per heavy atom. The van der Waals surface area contributed by atoms with Crippen LogP contribution in [0.3, 0.4) is 0 Å². The summed E-state index contributed by atoms with van der Waals surface area (Å²) in [7, 11) is 0. The Kier molecular flexibility index (Phi) is 6.45. The van der Waals surface area contributed by atoms with E-state index in [2.05, 4.69) is 17.2 Å². The number of carbonyl (C=O) groups is 2. The van der Waals surface area contributed by atoms with E-state index in [9.17, 15) is 9.59 Å². The first-order chi connectivity index (χ1) is 6.57. The summed E-state index contributed by atoms with van der Waals surface area (Å²) >= 11 is 0. The summed E-state index contributed by atoms with van der Waals surface area (Å²) in [5, 5.41) is 5.32. The van der Waals surface area contributed by atoms with Crippen molar-refractivity contribution in [2.75, 3.05) is 13.1 Å². The number of amides is 2. The fourth-order valence-electron chi connectivity index (χ4n) is 0.844. The molecule has 2 N–H and O–H groups in total. The Labute approximate surface area is 84.8 Å². The maximum atomic E-state index is 11.0. The van der Waals surface area contributed by atoms with Crippen molar-refractivity contribution in [3.05, 3.63) is 12.2 Å². The molecule has 0 spiro atoms. The molecule has 0 aliphatic carbocycles. The summed E-state index contributed by atoms with van der Waals surface area (Å²) in [6, 6.07) is 0. The number of hydrogen-bond donors (Lipinski definition) is 2. The predicted octanol–water partition coefficient (Wildman–Crippen LogP) is 0.595. The fourth-order valence-corrected chi connectivity index (χ4v) is 0.844. The van der Waals surface area contributed by atoms with Crippen molar-refractivity contribution in [2.24, 2.45) is 0 Å². The molecule has 0 radical (unpaired) electrons. The molecule has 0 rings (SSSR count). The minimum absolute atomic E-state index is 0.0251. The molecule has 0 aromatic rings. The molecular formula is C10H18N2O2. The van der Waals surface area contributed by atoms with Crippen LogP contribution >= 0.6 is 0 Å². The van der Waals surface area contributed by atoms with Crippen LogP contribution in [0.5, 0.6) is 0 Å². The Bertz CT molecular complexity index is 224. The summed E-state index contributed by atoms with van der Waals surface area (Å²) < 4.78 is 0. The lowest BCUT2D eigenvalue weighted by Crippen LogP contribution is -2.34. The highest BCUT2D eigenvalue weighted by Gasteiger charge is 2.00. The van der Waals surface area contributed by atoms with Crippen LogP contribution in [0.4, 0.5) is 0 Å². The third-order valence-electron chi connectivity index (χ3n) is 1.60. The average Bonchev–Trinajstić information content (AvgIpc) is 2.12. The summed E-state index contributed by atoms with van der Waals surface area (Å²) in [6.07, 6.45) is 1.37. The van der Waals surface area contributed by atoms with Gasteiger partial charge in [-0.3, -0.25) is 9.59 Å². The van der Waals surface area contributed by atoms with Crippen LogP contribution in [0.15, 0.2) is 12.2 Å². The van der Waals surface area contributed by atoms with Crippen LogP contribution in [-0.2, 0) is 9.59 Å². The molecular weight excluding hydrogens is 180 g/mol. The second kappa shape index (κ2) is 7.12. The first kappa shape index (κ1) is 12.7. The van der Waals surface area contributed by atoms with Gasteiger partial charge in [0, 0.05) is 25.1 Å². The zero-order valence-corrected chi connectivity index (χ0v) is 8.85. The molecule has 0 aliphatic heterocycles. The third-order valence-corrected chi connectivity index (χ3v) is 1.60. The monoisotopic (exact) mass is 198 g/mol. The van der Waals surface area contributed by atoms with Gasteiger partial charge in [0.2, 0.25) is 11.8 Å². The topological polar surface area (TPSA) is 58.2 Å². The van der Waals surface area contributed by atoms with Gasteiger partial charge in [-0.05, 0) is 13.3 Å². The molecule has 0 aromatic carbocycles. The molecule has 4 nitrogen and oxygen atoms in total. The first-order valence-corrected chi connectivity index (χ1v) is 4.78. The lowest BCUT2D eigenvalue weighted by Gasteiger charge is -2.05. The number of rotatable bonds is 6. The molecule has 0 saturated heterocycles. The van der Waals surface area contributed by atoms with Crippen LogP contribution < -0.4 is 10.6 Å². The highest BCUT2D eigenvalue weighted by atomic mass is 16.2. The van der Waals surface area contributed by atoms with Gasteiger partial charge < -0.3 is 10.6 Å². The molecule has 0 saturated carbocycles. The van der Waals surface area contributed by atoms with E-state index in [-0.39, 0.29) is 11.8 Å². The average molecular weight is 198 g/mol. The standard InChI is InChI=1S/C10H18N2O2/c1-4-5-9(13)11-6-7-12-10(14)8(2)3/h2,4-7H2,1,3H3,(H,11,13)(H,12,14). The second-order valence-electron chi connectivity index (χ2n) is 3.14. The van der Waals surface area contributed by atoms with Crippen molar-refractivity contribution in [2.45, 2.75) is 26.7 Å². The zero-order chi connectivity index (χ0) is 11.0. The quantitative estimate of drug-likeness (QED) is 0.485. The van der Waals surface area contributed by atoms with Crippen molar-refractivity contribution < 1.29 is 9.59 Å². The SMILES string of the molecule is C=C(C)C(=O)NCCNC(=O)CCC. The summed E-state index contributed by atoms with van der Waals surface area (Å²) in [4.78, 5) is 22.0. The van der Waals surface area contributed by atoms with Gasteiger partial charge in [-0.25, -0.2) is 0 Å². The minimum atomic E-state index is -0.172. The molecule has 14 heavy (non-hydrogen) atoms. The maximum Gasteiger partial charge on any atom is 0.246 e.